The van der Waals surface area contributed by atoms with Crippen molar-refractivity contribution in [2.75, 3.05) is 32.6 Å². The summed E-state index contributed by atoms with van der Waals surface area (Å²) in [6.07, 6.45) is 4.30. The maximum Gasteiger partial charge on any atom is 0.132 e. The zero-order chi connectivity index (χ0) is 12.6. The molecule has 1 aromatic rings. The summed E-state index contributed by atoms with van der Waals surface area (Å²) in [7, 11) is 0. The number of hydrogen-bond acceptors (Lipinski definition) is 4. The second kappa shape index (κ2) is 7.67. The van der Waals surface area contributed by atoms with Crippen LogP contribution in [-0.4, -0.2) is 38.7 Å². The summed E-state index contributed by atoms with van der Waals surface area (Å²) in [5, 5.41) is 3.52. The van der Waals surface area contributed by atoms with Crippen molar-refractivity contribution < 1.29 is 9.47 Å². The Morgan fingerprint density at radius 2 is 2.11 bits per heavy atom. The van der Waals surface area contributed by atoms with Crippen molar-refractivity contribution in [2.24, 2.45) is 0 Å². The number of rotatable bonds is 6. The zero-order valence-electron chi connectivity index (χ0n) is 10.9. The lowest BCUT2D eigenvalue weighted by atomic mass is 10.1. The predicted molar refractivity (Wildman–Crippen MR) is 75.6 cm³/mol. The third-order valence-electron chi connectivity index (χ3n) is 3.08. The quantitative estimate of drug-likeness (QED) is 0.634. The Morgan fingerprint density at radius 3 is 2.89 bits per heavy atom. The largest absolute Gasteiger partial charge is 0.491 e. The summed E-state index contributed by atoms with van der Waals surface area (Å²) >= 11 is 1.72. The normalized spacial score (nSPS) is 16.7. The van der Waals surface area contributed by atoms with Crippen LogP contribution in [0.25, 0.3) is 0 Å². The van der Waals surface area contributed by atoms with Gasteiger partial charge in [-0.05, 0) is 31.2 Å². The molecule has 0 saturated carbocycles. The molecule has 3 nitrogen and oxygen atoms in total. The SMILES string of the molecule is CSc1ccccc1OCCNC1CCOCC1. The fourth-order valence-corrected chi connectivity index (χ4v) is 2.61. The van der Waals surface area contributed by atoms with Crippen molar-refractivity contribution in [1.29, 1.82) is 0 Å². The van der Waals surface area contributed by atoms with Crippen molar-refractivity contribution in [2.45, 2.75) is 23.8 Å². The Morgan fingerprint density at radius 1 is 1.33 bits per heavy atom. The van der Waals surface area contributed by atoms with Crippen LogP contribution in [0.4, 0.5) is 0 Å². The molecule has 1 saturated heterocycles. The standard InChI is InChI=1S/C14H21NO2S/c1-18-14-5-3-2-4-13(14)17-11-8-15-12-6-9-16-10-7-12/h2-5,12,15H,6-11H2,1H3. The first-order valence-corrected chi connectivity index (χ1v) is 7.69. The molecule has 0 unspecified atom stereocenters. The predicted octanol–water partition coefficient (Wildman–Crippen LogP) is 2.56. The Balaban J connectivity index is 1.68. The third-order valence-corrected chi connectivity index (χ3v) is 3.86. The van der Waals surface area contributed by atoms with E-state index in [9.17, 15) is 0 Å². The van der Waals surface area contributed by atoms with Gasteiger partial charge in [0.25, 0.3) is 0 Å². The lowest BCUT2D eigenvalue weighted by Gasteiger charge is -2.23. The summed E-state index contributed by atoms with van der Waals surface area (Å²) in [4.78, 5) is 1.20. The number of thioether (sulfide) groups is 1. The molecule has 1 aromatic carbocycles. The van der Waals surface area contributed by atoms with Crippen LogP contribution in [0, 0.1) is 0 Å². The van der Waals surface area contributed by atoms with Gasteiger partial charge in [0.1, 0.15) is 12.4 Å². The van der Waals surface area contributed by atoms with E-state index in [2.05, 4.69) is 17.6 Å². The number of benzene rings is 1. The number of nitrogens with one attached hydrogen (secondary N) is 1. The third kappa shape index (κ3) is 4.19. The minimum atomic E-state index is 0.596. The fourth-order valence-electron chi connectivity index (χ4n) is 2.06. The number of ether oxygens (including phenoxy) is 2. The van der Waals surface area contributed by atoms with Crippen LogP contribution in [0.2, 0.25) is 0 Å². The van der Waals surface area contributed by atoms with E-state index in [1.807, 2.05) is 18.2 Å². The van der Waals surface area contributed by atoms with Crippen LogP contribution < -0.4 is 10.1 Å². The lowest BCUT2D eigenvalue weighted by Crippen LogP contribution is -2.37. The minimum Gasteiger partial charge on any atom is -0.491 e. The van der Waals surface area contributed by atoms with E-state index in [0.717, 1.165) is 45.0 Å². The number of para-hydroxylation sites is 1. The average Bonchev–Trinajstić information content (AvgIpc) is 2.45. The maximum absolute atomic E-state index is 5.80. The molecule has 1 heterocycles. The summed E-state index contributed by atoms with van der Waals surface area (Å²) in [5.41, 5.74) is 0. The van der Waals surface area contributed by atoms with Crippen molar-refractivity contribution in [1.82, 2.24) is 5.32 Å². The zero-order valence-corrected chi connectivity index (χ0v) is 11.7. The molecular weight excluding hydrogens is 246 g/mol. The van der Waals surface area contributed by atoms with E-state index >= 15 is 0 Å². The van der Waals surface area contributed by atoms with Crippen molar-refractivity contribution in [3.05, 3.63) is 24.3 Å². The highest BCUT2D eigenvalue weighted by atomic mass is 32.2. The van der Waals surface area contributed by atoms with E-state index < -0.39 is 0 Å². The lowest BCUT2D eigenvalue weighted by molar-refractivity contribution is 0.0770. The molecular formula is C14H21NO2S. The highest BCUT2D eigenvalue weighted by molar-refractivity contribution is 7.98. The van der Waals surface area contributed by atoms with Gasteiger partial charge in [-0.3, -0.25) is 0 Å². The Labute approximate surface area is 113 Å². The van der Waals surface area contributed by atoms with Crippen LogP contribution in [0.3, 0.4) is 0 Å². The number of hydrogen-bond donors (Lipinski definition) is 1. The molecule has 1 aliphatic heterocycles. The smallest absolute Gasteiger partial charge is 0.132 e. The van der Waals surface area contributed by atoms with Gasteiger partial charge in [0.05, 0.1) is 0 Å². The van der Waals surface area contributed by atoms with Gasteiger partial charge in [0, 0.05) is 30.7 Å². The molecule has 100 valence electrons. The summed E-state index contributed by atoms with van der Waals surface area (Å²) < 4.78 is 11.1. The van der Waals surface area contributed by atoms with Gasteiger partial charge in [-0.25, -0.2) is 0 Å². The fraction of sp³-hybridized carbons (Fsp3) is 0.571. The van der Waals surface area contributed by atoms with E-state index in [4.69, 9.17) is 9.47 Å². The van der Waals surface area contributed by atoms with Crippen molar-refractivity contribution >= 4 is 11.8 Å². The highest BCUT2D eigenvalue weighted by Gasteiger charge is 2.12. The van der Waals surface area contributed by atoms with Crippen molar-refractivity contribution in [3.63, 3.8) is 0 Å². The molecule has 0 radical (unpaired) electrons. The first kappa shape index (κ1) is 13.7. The van der Waals surface area contributed by atoms with E-state index in [1.165, 1.54) is 4.90 Å². The molecule has 1 fully saturated rings. The van der Waals surface area contributed by atoms with Crippen LogP contribution in [0.15, 0.2) is 29.2 Å². The molecule has 1 N–H and O–H groups in total. The summed E-state index contributed by atoms with van der Waals surface area (Å²) in [5.74, 6) is 0.985. The van der Waals surface area contributed by atoms with Gasteiger partial charge >= 0.3 is 0 Å². The molecule has 0 aliphatic carbocycles. The molecule has 18 heavy (non-hydrogen) atoms. The molecule has 0 spiro atoms. The second-order valence-corrected chi connectivity index (χ2v) is 5.19. The molecule has 0 atom stereocenters. The van der Waals surface area contributed by atoms with Gasteiger partial charge in [-0.1, -0.05) is 12.1 Å². The Bertz CT molecular complexity index is 353. The monoisotopic (exact) mass is 267 g/mol. The van der Waals surface area contributed by atoms with Crippen LogP contribution >= 0.6 is 11.8 Å². The maximum atomic E-state index is 5.80. The first-order chi connectivity index (χ1) is 8.90. The van der Waals surface area contributed by atoms with Crippen molar-refractivity contribution in [3.8, 4) is 5.75 Å². The van der Waals surface area contributed by atoms with Crippen LogP contribution in [0.1, 0.15) is 12.8 Å². The van der Waals surface area contributed by atoms with Crippen LogP contribution in [-0.2, 0) is 4.74 Å². The Kier molecular flexibility index (Phi) is 5.84. The van der Waals surface area contributed by atoms with Crippen LogP contribution in [0.5, 0.6) is 5.75 Å². The Hall–Kier alpha value is -0.710. The van der Waals surface area contributed by atoms with E-state index in [-0.39, 0.29) is 0 Å². The van der Waals surface area contributed by atoms with E-state index in [0.29, 0.717) is 6.04 Å². The van der Waals surface area contributed by atoms with Gasteiger partial charge in [0.15, 0.2) is 0 Å². The average molecular weight is 267 g/mol. The summed E-state index contributed by atoms with van der Waals surface area (Å²) in [6, 6.07) is 8.77. The molecule has 0 bridgehead atoms. The van der Waals surface area contributed by atoms with E-state index in [1.54, 1.807) is 11.8 Å². The molecule has 0 amide bonds. The molecule has 1 aliphatic rings. The molecule has 4 heteroatoms. The topological polar surface area (TPSA) is 30.5 Å². The summed E-state index contributed by atoms with van der Waals surface area (Å²) in [6.45, 7) is 3.38. The van der Waals surface area contributed by atoms with Gasteiger partial charge in [-0.15, -0.1) is 11.8 Å². The first-order valence-electron chi connectivity index (χ1n) is 6.47. The minimum absolute atomic E-state index is 0.596. The van der Waals surface area contributed by atoms with Gasteiger partial charge in [-0.2, -0.15) is 0 Å². The second-order valence-electron chi connectivity index (χ2n) is 4.34. The van der Waals surface area contributed by atoms with Gasteiger partial charge < -0.3 is 14.8 Å². The molecule has 0 aromatic heterocycles. The molecule has 2 rings (SSSR count). The van der Waals surface area contributed by atoms with Gasteiger partial charge in [0.2, 0.25) is 0 Å². The highest BCUT2D eigenvalue weighted by Crippen LogP contribution is 2.26.